The number of anilines is 1. The van der Waals surface area contributed by atoms with Crippen LogP contribution >= 0.6 is 0 Å². The van der Waals surface area contributed by atoms with E-state index in [-0.39, 0.29) is 28.3 Å². The third kappa shape index (κ3) is 7.18. The molecule has 4 rings (SSSR count). The first-order valence-electron chi connectivity index (χ1n) is 13.3. The molecule has 0 aromatic heterocycles. The van der Waals surface area contributed by atoms with Crippen molar-refractivity contribution in [3.8, 4) is 5.75 Å². The number of nitrogens with one attached hydrogen (secondary N) is 1. The summed E-state index contributed by atoms with van der Waals surface area (Å²) in [4.78, 5) is 14.7. The Kier molecular flexibility index (Phi) is 8.35. The fraction of sp³-hybridized carbons (Fsp3) is 0.387. The summed E-state index contributed by atoms with van der Waals surface area (Å²) in [6.45, 7) is 11.8. The second-order valence-corrected chi connectivity index (χ2v) is 13.3. The summed E-state index contributed by atoms with van der Waals surface area (Å²) in [5, 5.41) is 0. The number of nitrogens with zero attached hydrogens (tertiary/aromatic N) is 1. The molecule has 1 amide bonds. The molecule has 0 bridgehead atoms. The number of sulfonamides is 1. The normalized spacial score (nSPS) is 13.5. The van der Waals surface area contributed by atoms with Gasteiger partial charge in [-0.05, 0) is 64.3 Å². The molecular formula is C31H37FN2O4S. The van der Waals surface area contributed by atoms with Gasteiger partial charge in [0.25, 0.3) is 10.0 Å². The Labute approximate surface area is 231 Å². The Morgan fingerprint density at radius 1 is 1.00 bits per heavy atom. The first-order valence-corrected chi connectivity index (χ1v) is 14.7. The lowest BCUT2D eigenvalue weighted by Crippen LogP contribution is -2.26. The van der Waals surface area contributed by atoms with E-state index in [1.165, 1.54) is 23.8 Å². The monoisotopic (exact) mass is 552 g/mol. The molecule has 1 N–H and O–H groups in total. The van der Waals surface area contributed by atoms with E-state index < -0.39 is 15.8 Å². The molecule has 208 valence electrons. The highest BCUT2D eigenvalue weighted by Crippen LogP contribution is 2.29. The maximum atomic E-state index is 14.6. The molecule has 0 atom stereocenters. The van der Waals surface area contributed by atoms with Crippen LogP contribution in [-0.2, 0) is 39.7 Å². The molecule has 0 spiro atoms. The van der Waals surface area contributed by atoms with Crippen LogP contribution in [0.15, 0.2) is 65.6 Å². The van der Waals surface area contributed by atoms with Gasteiger partial charge in [0, 0.05) is 19.2 Å². The third-order valence-electron chi connectivity index (χ3n) is 6.89. The number of benzene rings is 3. The van der Waals surface area contributed by atoms with Gasteiger partial charge in [0.2, 0.25) is 5.91 Å². The van der Waals surface area contributed by atoms with E-state index in [1.807, 2.05) is 12.1 Å². The van der Waals surface area contributed by atoms with E-state index in [0.29, 0.717) is 31.4 Å². The summed E-state index contributed by atoms with van der Waals surface area (Å²) in [7, 11) is -4.04. The highest BCUT2D eigenvalue weighted by molar-refractivity contribution is 7.92. The number of fused-ring (bicyclic) bond motifs is 1. The van der Waals surface area contributed by atoms with Crippen molar-refractivity contribution in [2.75, 3.05) is 11.3 Å². The third-order valence-corrected chi connectivity index (χ3v) is 8.25. The molecule has 0 saturated carbocycles. The number of halogens is 1. The lowest BCUT2D eigenvalue weighted by atomic mass is 9.86. The number of amides is 1. The number of carbonyl (C=O) groups is 1. The van der Waals surface area contributed by atoms with Crippen LogP contribution in [0.3, 0.4) is 0 Å². The fourth-order valence-corrected chi connectivity index (χ4v) is 5.53. The van der Waals surface area contributed by atoms with Crippen molar-refractivity contribution in [3.05, 3.63) is 88.7 Å². The van der Waals surface area contributed by atoms with Crippen LogP contribution in [0.4, 0.5) is 10.1 Å². The minimum absolute atomic E-state index is 0.0185. The Balaban J connectivity index is 1.40. The van der Waals surface area contributed by atoms with Gasteiger partial charge in [-0.2, -0.15) is 0 Å². The van der Waals surface area contributed by atoms with Crippen LogP contribution < -0.4 is 9.46 Å². The summed E-state index contributed by atoms with van der Waals surface area (Å²) in [6.07, 6.45) is 1.11. The van der Waals surface area contributed by atoms with Crippen LogP contribution in [0.25, 0.3) is 0 Å². The topological polar surface area (TPSA) is 75.7 Å². The number of carbonyl (C=O) groups excluding carboxylic acids is 1. The highest BCUT2D eigenvalue weighted by Gasteiger charge is 2.26. The van der Waals surface area contributed by atoms with E-state index in [2.05, 4.69) is 51.5 Å². The molecular weight excluding hydrogens is 515 g/mol. The van der Waals surface area contributed by atoms with E-state index >= 15 is 0 Å². The van der Waals surface area contributed by atoms with Gasteiger partial charge in [0.15, 0.2) is 5.82 Å². The summed E-state index contributed by atoms with van der Waals surface area (Å²) in [5.74, 6) is 0.0804. The number of rotatable bonds is 9. The molecule has 1 heterocycles. The second kappa shape index (κ2) is 11.4. The Morgan fingerprint density at radius 3 is 2.33 bits per heavy atom. The van der Waals surface area contributed by atoms with Crippen LogP contribution in [0.2, 0.25) is 0 Å². The number of hydrogen-bond donors (Lipinski definition) is 1. The fourth-order valence-electron chi connectivity index (χ4n) is 4.41. The first-order chi connectivity index (χ1) is 18.3. The molecule has 0 saturated heterocycles. The minimum Gasteiger partial charge on any atom is -0.493 e. The van der Waals surface area contributed by atoms with E-state index in [0.717, 1.165) is 23.1 Å². The predicted octanol–water partition coefficient (Wildman–Crippen LogP) is 6.43. The van der Waals surface area contributed by atoms with Crippen LogP contribution in [0.5, 0.6) is 5.75 Å². The Morgan fingerprint density at radius 2 is 1.69 bits per heavy atom. The van der Waals surface area contributed by atoms with Gasteiger partial charge in [-0.3, -0.25) is 9.52 Å². The van der Waals surface area contributed by atoms with Gasteiger partial charge in [0.05, 0.1) is 23.6 Å². The molecule has 0 radical (unpaired) electrons. The summed E-state index contributed by atoms with van der Waals surface area (Å²) >= 11 is 0. The average molecular weight is 553 g/mol. The Bertz CT molecular complexity index is 1440. The largest absolute Gasteiger partial charge is 0.493 e. The van der Waals surface area contributed by atoms with Gasteiger partial charge in [-0.1, -0.05) is 65.0 Å². The van der Waals surface area contributed by atoms with Crippen molar-refractivity contribution in [3.63, 3.8) is 0 Å². The zero-order valence-corrected chi connectivity index (χ0v) is 24.1. The van der Waals surface area contributed by atoms with Gasteiger partial charge < -0.3 is 9.64 Å². The van der Waals surface area contributed by atoms with Crippen molar-refractivity contribution in [2.45, 2.75) is 70.9 Å². The van der Waals surface area contributed by atoms with Crippen molar-refractivity contribution >= 4 is 21.6 Å². The molecule has 0 fully saturated rings. The molecule has 1 aliphatic heterocycles. The van der Waals surface area contributed by atoms with Crippen molar-refractivity contribution in [2.24, 2.45) is 5.92 Å². The zero-order chi connectivity index (χ0) is 28.4. The Hall–Kier alpha value is -3.39. The smallest absolute Gasteiger partial charge is 0.261 e. The average Bonchev–Trinajstić information content (AvgIpc) is 3.29. The van der Waals surface area contributed by atoms with Crippen LogP contribution in [0.1, 0.15) is 63.3 Å². The number of hydrogen-bond acceptors (Lipinski definition) is 4. The van der Waals surface area contributed by atoms with Crippen molar-refractivity contribution in [1.82, 2.24) is 4.90 Å². The quantitative estimate of drug-likeness (QED) is 0.332. The molecule has 6 nitrogen and oxygen atoms in total. The summed E-state index contributed by atoms with van der Waals surface area (Å²) in [6, 6.07) is 16.9. The molecule has 0 unspecified atom stereocenters. The second-order valence-electron chi connectivity index (χ2n) is 11.6. The zero-order valence-electron chi connectivity index (χ0n) is 23.3. The van der Waals surface area contributed by atoms with Crippen molar-refractivity contribution < 1.29 is 22.3 Å². The maximum absolute atomic E-state index is 14.6. The van der Waals surface area contributed by atoms with Crippen molar-refractivity contribution in [1.29, 1.82) is 0 Å². The standard InChI is InChI=1S/C31H37FN2O4S/c1-21(2)14-15-38-26-11-13-29(28(32)18-26)33-39(36,37)27-12-8-23-19-34(20-24(23)17-27)30(35)16-22-6-9-25(10-7-22)31(3,4)5/h6-13,17-18,21,33H,14-16,19-20H2,1-5H3. The lowest BCUT2D eigenvalue weighted by molar-refractivity contribution is -0.131. The van der Waals surface area contributed by atoms with E-state index in [9.17, 15) is 17.6 Å². The molecule has 0 aliphatic carbocycles. The molecule has 1 aliphatic rings. The van der Waals surface area contributed by atoms with Gasteiger partial charge >= 0.3 is 0 Å². The molecule has 39 heavy (non-hydrogen) atoms. The van der Waals surface area contributed by atoms with E-state index in [4.69, 9.17) is 4.74 Å². The lowest BCUT2D eigenvalue weighted by Gasteiger charge is -2.19. The predicted molar refractivity (Wildman–Crippen MR) is 152 cm³/mol. The highest BCUT2D eigenvalue weighted by atomic mass is 32.2. The van der Waals surface area contributed by atoms with E-state index in [1.54, 1.807) is 23.1 Å². The number of ether oxygens (including phenoxy) is 1. The maximum Gasteiger partial charge on any atom is 0.261 e. The summed E-state index contributed by atoms with van der Waals surface area (Å²) in [5.41, 5.74) is 3.71. The molecule has 3 aromatic carbocycles. The van der Waals surface area contributed by atoms with Gasteiger partial charge in [-0.15, -0.1) is 0 Å². The van der Waals surface area contributed by atoms with Crippen LogP contribution in [-0.4, -0.2) is 25.8 Å². The van der Waals surface area contributed by atoms with Gasteiger partial charge in [-0.25, -0.2) is 12.8 Å². The molecule has 8 heteroatoms. The van der Waals surface area contributed by atoms with Gasteiger partial charge in [0.1, 0.15) is 5.75 Å². The SMILES string of the molecule is CC(C)CCOc1ccc(NS(=O)(=O)c2ccc3c(c2)CN(C(=O)Cc2ccc(C(C)(C)C)cc2)C3)c(F)c1. The molecule has 3 aromatic rings. The first kappa shape index (κ1) is 28.6. The minimum atomic E-state index is -4.04. The van der Waals surface area contributed by atoms with Crippen LogP contribution in [0, 0.1) is 11.7 Å². The summed E-state index contributed by atoms with van der Waals surface area (Å²) < 4.78 is 48.6.